The van der Waals surface area contributed by atoms with Crippen LogP contribution in [0.1, 0.15) is 10.4 Å². The van der Waals surface area contributed by atoms with Crippen LogP contribution in [0.2, 0.25) is 0 Å². The maximum Gasteiger partial charge on any atom is 0.338 e. The van der Waals surface area contributed by atoms with Crippen molar-refractivity contribution in [1.82, 2.24) is 19.3 Å². The fraction of sp³-hybridized carbons (Fsp3) is 0.125. The van der Waals surface area contributed by atoms with Gasteiger partial charge in [0.15, 0.2) is 0 Å². The lowest BCUT2D eigenvalue weighted by Crippen LogP contribution is -2.03. The molecule has 0 bridgehead atoms. The van der Waals surface area contributed by atoms with Gasteiger partial charge in [0, 0.05) is 25.6 Å². The molecule has 2 aromatic heterocycles. The number of rotatable bonds is 2. The summed E-state index contributed by atoms with van der Waals surface area (Å²) in [4.78, 5) is 14.6. The van der Waals surface area contributed by atoms with E-state index in [-0.39, 0.29) is 5.56 Å². The summed E-state index contributed by atoms with van der Waals surface area (Å²) in [5, 5.41) is 12.6. The summed E-state index contributed by atoms with van der Waals surface area (Å²) >= 11 is 0. The molecule has 0 aliphatic heterocycles. The first-order valence-corrected chi connectivity index (χ1v) is 3.94. The van der Waals surface area contributed by atoms with Crippen LogP contribution in [0, 0.1) is 0 Å². The number of nitrogens with zero attached hydrogens (tertiary/aromatic N) is 4. The Kier molecular flexibility index (Phi) is 1.81. The smallest absolute Gasteiger partial charge is 0.338 e. The number of carboxylic acid groups (broad SMARTS) is 1. The minimum absolute atomic E-state index is 0.146. The van der Waals surface area contributed by atoms with Crippen molar-refractivity contribution in [3.63, 3.8) is 0 Å². The van der Waals surface area contributed by atoms with Gasteiger partial charge in [0.05, 0.1) is 11.8 Å². The van der Waals surface area contributed by atoms with Gasteiger partial charge in [0.1, 0.15) is 0 Å². The first-order valence-electron chi connectivity index (χ1n) is 3.94. The van der Waals surface area contributed by atoms with Gasteiger partial charge in [-0.15, -0.1) is 0 Å². The maximum absolute atomic E-state index is 10.6. The minimum atomic E-state index is -0.995. The third-order valence-corrected chi connectivity index (χ3v) is 1.83. The second kappa shape index (κ2) is 2.99. The van der Waals surface area contributed by atoms with E-state index >= 15 is 0 Å². The molecule has 0 amide bonds. The molecule has 0 saturated carbocycles. The molecule has 0 aromatic carbocycles. The lowest BCUT2D eigenvalue weighted by atomic mass is 10.4. The monoisotopic (exact) mass is 192 g/mol. The Morgan fingerprint density at radius 1 is 1.57 bits per heavy atom. The summed E-state index contributed by atoms with van der Waals surface area (Å²) in [5.41, 5.74) is 0.146. The molecular weight excluding hydrogens is 184 g/mol. The second-order valence-corrected chi connectivity index (χ2v) is 2.82. The average Bonchev–Trinajstić information content (AvgIpc) is 2.71. The molecule has 72 valence electrons. The van der Waals surface area contributed by atoms with Gasteiger partial charge in [-0.3, -0.25) is 0 Å². The van der Waals surface area contributed by atoms with Crippen LogP contribution in [0.4, 0.5) is 0 Å². The third kappa shape index (κ3) is 1.26. The van der Waals surface area contributed by atoms with Crippen molar-refractivity contribution in [1.29, 1.82) is 0 Å². The van der Waals surface area contributed by atoms with E-state index in [9.17, 15) is 4.79 Å². The van der Waals surface area contributed by atoms with E-state index in [0.29, 0.717) is 5.95 Å². The molecule has 0 aliphatic rings. The number of aromatic nitrogens is 4. The molecule has 14 heavy (non-hydrogen) atoms. The molecule has 2 heterocycles. The largest absolute Gasteiger partial charge is 0.478 e. The van der Waals surface area contributed by atoms with Gasteiger partial charge in [0.25, 0.3) is 0 Å². The van der Waals surface area contributed by atoms with E-state index in [4.69, 9.17) is 5.11 Å². The molecule has 2 rings (SSSR count). The number of hydrogen-bond acceptors (Lipinski definition) is 3. The highest BCUT2D eigenvalue weighted by atomic mass is 16.4. The fourth-order valence-corrected chi connectivity index (χ4v) is 1.12. The molecule has 6 heteroatoms. The fourth-order valence-electron chi connectivity index (χ4n) is 1.12. The van der Waals surface area contributed by atoms with Crippen LogP contribution >= 0.6 is 0 Å². The Morgan fingerprint density at radius 2 is 2.36 bits per heavy atom. The van der Waals surface area contributed by atoms with E-state index in [1.807, 2.05) is 7.05 Å². The van der Waals surface area contributed by atoms with Gasteiger partial charge < -0.3 is 9.67 Å². The Morgan fingerprint density at radius 3 is 2.86 bits per heavy atom. The lowest BCUT2D eigenvalue weighted by molar-refractivity contribution is 0.0697. The van der Waals surface area contributed by atoms with E-state index in [2.05, 4.69) is 10.1 Å². The molecule has 1 N–H and O–H groups in total. The number of aryl methyl sites for hydroxylation is 1. The van der Waals surface area contributed by atoms with Crippen LogP contribution in [-0.2, 0) is 7.05 Å². The van der Waals surface area contributed by atoms with Crippen LogP contribution in [0.15, 0.2) is 24.8 Å². The van der Waals surface area contributed by atoms with Gasteiger partial charge in [-0.2, -0.15) is 5.10 Å². The molecule has 0 unspecified atom stereocenters. The summed E-state index contributed by atoms with van der Waals surface area (Å²) in [6, 6.07) is 0. The van der Waals surface area contributed by atoms with Gasteiger partial charge >= 0.3 is 5.97 Å². The predicted molar refractivity (Wildman–Crippen MR) is 47.3 cm³/mol. The molecule has 0 radical (unpaired) electrons. The third-order valence-electron chi connectivity index (χ3n) is 1.83. The first-order chi connectivity index (χ1) is 6.68. The van der Waals surface area contributed by atoms with E-state index in [1.54, 1.807) is 17.0 Å². The summed E-state index contributed by atoms with van der Waals surface area (Å²) in [7, 11) is 1.81. The predicted octanol–water partition coefficient (Wildman–Crippen LogP) is 0.304. The quantitative estimate of drug-likeness (QED) is 0.742. The number of carboxylic acids is 1. The number of carbonyl (C=O) groups is 1. The highest BCUT2D eigenvalue weighted by Crippen LogP contribution is 2.04. The van der Waals surface area contributed by atoms with Crippen LogP contribution in [0.25, 0.3) is 5.95 Å². The van der Waals surface area contributed by atoms with E-state index in [1.165, 1.54) is 17.1 Å². The average molecular weight is 192 g/mol. The number of imidazole rings is 1. The van der Waals surface area contributed by atoms with Gasteiger partial charge in [0.2, 0.25) is 5.95 Å². The van der Waals surface area contributed by atoms with Gasteiger partial charge in [-0.05, 0) is 0 Å². The van der Waals surface area contributed by atoms with Crippen molar-refractivity contribution >= 4 is 5.97 Å². The zero-order valence-corrected chi connectivity index (χ0v) is 7.45. The van der Waals surface area contributed by atoms with Gasteiger partial charge in [-0.25, -0.2) is 14.5 Å². The van der Waals surface area contributed by atoms with Crippen LogP contribution < -0.4 is 0 Å². The topological polar surface area (TPSA) is 72.9 Å². The van der Waals surface area contributed by atoms with Crippen molar-refractivity contribution in [2.24, 2.45) is 7.05 Å². The number of aromatic carboxylic acids is 1. The lowest BCUT2D eigenvalue weighted by Gasteiger charge is -1.98. The SMILES string of the molecule is Cn1ccnc1-n1cc(C(=O)O)cn1. The molecule has 2 aromatic rings. The molecule has 0 saturated heterocycles. The molecule has 0 aliphatic carbocycles. The summed E-state index contributed by atoms with van der Waals surface area (Å²) < 4.78 is 3.17. The first kappa shape index (κ1) is 8.49. The normalized spacial score (nSPS) is 10.4. The number of hydrogen-bond donors (Lipinski definition) is 1. The van der Waals surface area contributed by atoms with Crippen LogP contribution in [-0.4, -0.2) is 30.4 Å². The summed E-state index contributed by atoms with van der Waals surface area (Å²) in [6.07, 6.45) is 6.09. The summed E-state index contributed by atoms with van der Waals surface area (Å²) in [5.74, 6) is -0.414. The molecule has 6 nitrogen and oxygen atoms in total. The van der Waals surface area contributed by atoms with Crippen molar-refractivity contribution in [3.05, 3.63) is 30.4 Å². The maximum atomic E-state index is 10.6. The van der Waals surface area contributed by atoms with Crippen molar-refractivity contribution < 1.29 is 9.90 Å². The Labute approximate surface area is 79.4 Å². The highest BCUT2D eigenvalue weighted by Gasteiger charge is 2.08. The Bertz CT molecular complexity index is 471. The van der Waals surface area contributed by atoms with Gasteiger partial charge in [-0.1, -0.05) is 0 Å². The zero-order valence-electron chi connectivity index (χ0n) is 7.45. The van der Waals surface area contributed by atoms with Crippen molar-refractivity contribution in [2.75, 3.05) is 0 Å². The van der Waals surface area contributed by atoms with Crippen LogP contribution in [0.5, 0.6) is 0 Å². The molecule has 0 spiro atoms. The van der Waals surface area contributed by atoms with Crippen LogP contribution in [0.3, 0.4) is 0 Å². The second-order valence-electron chi connectivity index (χ2n) is 2.82. The standard InChI is InChI=1S/C8H8N4O2/c1-11-3-2-9-8(11)12-5-6(4-10-12)7(13)14/h2-5H,1H3,(H,13,14). The summed E-state index contributed by atoms with van der Waals surface area (Å²) in [6.45, 7) is 0. The van der Waals surface area contributed by atoms with E-state index < -0.39 is 5.97 Å². The molecular formula is C8H8N4O2. The molecule has 0 atom stereocenters. The zero-order chi connectivity index (χ0) is 10.1. The minimum Gasteiger partial charge on any atom is -0.478 e. The Hall–Kier alpha value is -2.11. The van der Waals surface area contributed by atoms with E-state index in [0.717, 1.165) is 0 Å². The molecule has 0 fully saturated rings. The Balaban J connectivity index is 2.43. The highest BCUT2D eigenvalue weighted by molar-refractivity contribution is 5.86. The van der Waals surface area contributed by atoms with Crippen molar-refractivity contribution in [2.45, 2.75) is 0 Å². The van der Waals surface area contributed by atoms with Crippen molar-refractivity contribution in [3.8, 4) is 5.95 Å².